The molecule has 1 saturated carbocycles. The van der Waals surface area contributed by atoms with Gasteiger partial charge in [0.15, 0.2) is 4.67 Å². The first-order valence-corrected chi connectivity index (χ1v) is 7.80. The number of rotatable bonds is 3. The minimum absolute atomic E-state index is 0.252. The highest BCUT2D eigenvalue weighted by atomic mass is 79.9. The molecule has 2 heterocycles. The van der Waals surface area contributed by atoms with Crippen LogP contribution in [0.15, 0.2) is 21.2 Å². The van der Waals surface area contributed by atoms with Gasteiger partial charge in [-0.2, -0.15) is 0 Å². The summed E-state index contributed by atoms with van der Waals surface area (Å²) >= 11 is 3.38. The maximum absolute atomic E-state index is 6.01. The first-order valence-electron chi connectivity index (χ1n) is 7.00. The van der Waals surface area contributed by atoms with E-state index in [0.29, 0.717) is 6.54 Å². The number of nitrogens with two attached hydrogens (primary N) is 1. The lowest BCUT2D eigenvalue weighted by Crippen LogP contribution is -2.46. The molecule has 1 aliphatic heterocycles. The molecule has 2 fully saturated rings. The van der Waals surface area contributed by atoms with Gasteiger partial charge in [0.1, 0.15) is 5.76 Å². The average molecular weight is 313 g/mol. The summed E-state index contributed by atoms with van der Waals surface area (Å²) in [5.74, 6) is 1.91. The molecule has 1 aromatic rings. The summed E-state index contributed by atoms with van der Waals surface area (Å²) in [4.78, 5) is 2.60. The monoisotopic (exact) mass is 312 g/mol. The summed E-state index contributed by atoms with van der Waals surface area (Å²) in [7, 11) is 0. The summed E-state index contributed by atoms with van der Waals surface area (Å²) in [6, 6.07) is 5.01. The Balaban J connectivity index is 1.82. The lowest BCUT2D eigenvalue weighted by atomic mass is 9.90. The summed E-state index contributed by atoms with van der Waals surface area (Å²) in [6.07, 6.45) is 6.83. The van der Waals surface area contributed by atoms with Crippen LogP contribution in [0.25, 0.3) is 0 Å². The molecule has 0 spiro atoms. The van der Waals surface area contributed by atoms with Crippen LogP contribution >= 0.6 is 15.9 Å². The molecular formula is C14H21BrN2O. The molecule has 3 unspecified atom stereocenters. The maximum Gasteiger partial charge on any atom is 0.169 e. The smallest absolute Gasteiger partial charge is 0.169 e. The summed E-state index contributed by atoms with van der Waals surface area (Å²) in [5.41, 5.74) is 6.01. The van der Waals surface area contributed by atoms with Crippen molar-refractivity contribution in [3.63, 3.8) is 0 Å². The molecule has 4 heteroatoms. The van der Waals surface area contributed by atoms with E-state index in [2.05, 4.69) is 26.9 Å². The Labute approximate surface area is 117 Å². The van der Waals surface area contributed by atoms with E-state index in [1.165, 1.54) is 38.6 Å². The van der Waals surface area contributed by atoms with Crippen LogP contribution in [0.3, 0.4) is 0 Å². The maximum atomic E-state index is 6.01. The van der Waals surface area contributed by atoms with Gasteiger partial charge in [-0.25, -0.2) is 0 Å². The summed E-state index contributed by atoms with van der Waals surface area (Å²) in [5, 5.41) is 0. The molecule has 100 valence electrons. The summed E-state index contributed by atoms with van der Waals surface area (Å²) < 4.78 is 6.54. The second-order valence-corrected chi connectivity index (χ2v) is 6.31. The molecule has 3 rings (SSSR count). The van der Waals surface area contributed by atoms with Crippen molar-refractivity contribution in [2.75, 3.05) is 13.1 Å². The standard InChI is InChI=1S/C14H21BrN2O/c15-14-7-6-13(18-14)12(9-16)17-8-2-4-10-3-1-5-11(10)17/h6-7,10-12H,1-5,8-9,16H2. The second kappa shape index (κ2) is 5.35. The van der Waals surface area contributed by atoms with Crippen molar-refractivity contribution >= 4 is 15.9 Å². The topological polar surface area (TPSA) is 42.4 Å². The predicted molar refractivity (Wildman–Crippen MR) is 75.3 cm³/mol. The van der Waals surface area contributed by atoms with Crippen molar-refractivity contribution in [3.8, 4) is 0 Å². The molecule has 0 aromatic carbocycles. The normalized spacial score (nSPS) is 30.3. The Morgan fingerprint density at radius 1 is 1.33 bits per heavy atom. The predicted octanol–water partition coefficient (Wildman–Crippen LogP) is 3.31. The van der Waals surface area contributed by atoms with E-state index in [4.69, 9.17) is 10.2 Å². The molecular weight excluding hydrogens is 292 g/mol. The van der Waals surface area contributed by atoms with Crippen LogP contribution in [0, 0.1) is 5.92 Å². The molecule has 18 heavy (non-hydrogen) atoms. The van der Waals surface area contributed by atoms with Crippen LogP contribution in [0.4, 0.5) is 0 Å². The molecule has 2 N–H and O–H groups in total. The Morgan fingerprint density at radius 3 is 2.89 bits per heavy atom. The third kappa shape index (κ3) is 2.26. The Bertz CT molecular complexity index is 406. The van der Waals surface area contributed by atoms with E-state index >= 15 is 0 Å². The van der Waals surface area contributed by atoms with Crippen molar-refractivity contribution in [2.45, 2.75) is 44.2 Å². The van der Waals surface area contributed by atoms with Gasteiger partial charge >= 0.3 is 0 Å². The minimum Gasteiger partial charge on any atom is -0.453 e. The number of furan rings is 1. The number of nitrogens with zero attached hydrogens (tertiary/aromatic N) is 1. The van der Waals surface area contributed by atoms with Crippen LogP contribution in [0.5, 0.6) is 0 Å². The van der Waals surface area contributed by atoms with Gasteiger partial charge in [-0.05, 0) is 66.2 Å². The molecule has 0 amide bonds. The molecule has 1 aromatic heterocycles. The van der Waals surface area contributed by atoms with Crippen molar-refractivity contribution in [1.82, 2.24) is 4.90 Å². The largest absolute Gasteiger partial charge is 0.453 e. The van der Waals surface area contributed by atoms with E-state index in [9.17, 15) is 0 Å². The SMILES string of the molecule is NCC(c1ccc(Br)o1)N1CCCC2CCCC21. The van der Waals surface area contributed by atoms with E-state index in [0.717, 1.165) is 22.4 Å². The highest BCUT2D eigenvalue weighted by Gasteiger charge is 2.38. The number of fused-ring (bicyclic) bond motifs is 1. The van der Waals surface area contributed by atoms with E-state index in [-0.39, 0.29) is 6.04 Å². The van der Waals surface area contributed by atoms with Gasteiger partial charge in [-0.15, -0.1) is 0 Å². The van der Waals surface area contributed by atoms with Crippen LogP contribution < -0.4 is 5.73 Å². The Hall–Kier alpha value is -0.320. The lowest BCUT2D eigenvalue weighted by Gasteiger charge is -2.41. The number of piperidine rings is 1. The van der Waals surface area contributed by atoms with Gasteiger partial charge in [0.25, 0.3) is 0 Å². The average Bonchev–Trinajstić information content (AvgIpc) is 2.99. The molecule has 1 saturated heterocycles. The lowest BCUT2D eigenvalue weighted by molar-refractivity contribution is 0.0601. The molecule has 2 aliphatic rings. The zero-order valence-corrected chi connectivity index (χ0v) is 12.2. The minimum atomic E-state index is 0.252. The third-order valence-corrected chi connectivity index (χ3v) is 5.01. The van der Waals surface area contributed by atoms with Gasteiger partial charge < -0.3 is 10.2 Å². The Kier molecular flexibility index (Phi) is 3.78. The zero-order valence-electron chi connectivity index (χ0n) is 10.6. The summed E-state index contributed by atoms with van der Waals surface area (Å²) in [6.45, 7) is 1.81. The highest BCUT2D eigenvalue weighted by Crippen LogP contribution is 2.40. The fraction of sp³-hybridized carbons (Fsp3) is 0.714. The fourth-order valence-electron chi connectivity index (χ4n) is 3.80. The van der Waals surface area contributed by atoms with Gasteiger partial charge in [0.2, 0.25) is 0 Å². The van der Waals surface area contributed by atoms with Crippen molar-refractivity contribution in [2.24, 2.45) is 11.7 Å². The van der Waals surface area contributed by atoms with Gasteiger partial charge in [0.05, 0.1) is 6.04 Å². The third-order valence-electron chi connectivity index (χ3n) is 4.58. The molecule has 0 bridgehead atoms. The first-order chi connectivity index (χ1) is 8.79. The first kappa shape index (κ1) is 12.7. The molecule has 3 nitrogen and oxygen atoms in total. The van der Waals surface area contributed by atoms with Crippen LogP contribution in [0.2, 0.25) is 0 Å². The van der Waals surface area contributed by atoms with Crippen molar-refractivity contribution < 1.29 is 4.42 Å². The van der Waals surface area contributed by atoms with E-state index < -0.39 is 0 Å². The highest BCUT2D eigenvalue weighted by molar-refractivity contribution is 9.10. The molecule has 1 aliphatic carbocycles. The van der Waals surface area contributed by atoms with Crippen LogP contribution in [0.1, 0.15) is 43.9 Å². The number of hydrogen-bond donors (Lipinski definition) is 1. The molecule has 0 radical (unpaired) electrons. The number of halogens is 1. The number of hydrogen-bond acceptors (Lipinski definition) is 3. The van der Waals surface area contributed by atoms with Gasteiger partial charge in [-0.3, -0.25) is 4.90 Å². The van der Waals surface area contributed by atoms with E-state index in [1.54, 1.807) is 0 Å². The Morgan fingerprint density at radius 2 is 2.17 bits per heavy atom. The van der Waals surface area contributed by atoms with Gasteiger partial charge in [-0.1, -0.05) is 6.42 Å². The van der Waals surface area contributed by atoms with Crippen molar-refractivity contribution in [3.05, 3.63) is 22.6 Å². The number of likely N-dealkylation sites (tertiary alicyclic amines) is 1. The quantitative estimate of drug-likeness (QED) is 0.931. The zero-order chi connectivity index (χ0) is 12.5. The fourth-order valence-corrected chi connectivity index (χ4v) is 4.12. The van der Waals surface area contributed by atoms with E-state index in [1.807, 2.05) is 6.07 Å². The van der Waals surface area contributed by atoms with Crippen molar-refractivity contribution in [1.29, 1.82) is 0 Å². The molecule has 3 atom stereocenters. The van der Waals surface area contributed by atoms with Crippen LogP contribution in [-0.4, -0.2) is 24.0 Å². The van der Waals surface area contributed by atoms with Gasteiger partial charge in [0, 0.05) is 12.6 Å². The van der Waals surface area contributed by atoms with Crippen LogP contribution in [-0.2, 0) is 0 Å². The second-order valence-electron chi connectivity index (χ2n) is 5.53.